The first-order chi connectivity index (χ1) is 11.4. The number of carbonyl (C=O) groups is 2. The Bertz CT molecular complexity index is 747. The minimum Gasteiger partial charge on any atom is -0.486 e. The summed E-state index contributed by atoms with van der Waals surface area (Å²) in [5.41, 5.74) is 3.26. The summed E-state index contributed by atoms with van der Waals surface area (Å²) in [4.78, 5) is 23.0. The monoisotopic (exact) mass is 326 g/mol. The molecule has 0 fully saturated rings. The van der Waals surface area contributed by atoms with E-state index in [1.165, 1.54) is 17.7 Å². The van der Waals surface area contributed by atoms with Crippen molar-refractivity contribution < 1.29 is 19.4 Å². The molecule has 0 saturated carbocycles. The Hall–Kier alpha value is -2.62. The number of benzene rings is 2. The summed E-state index contributed by atoms with van der Waals surface area (Å²) in [7, 11) is 0. The maximum Gasteiger partial charge on any atom is 0.335 e. The summed E-state index contributed by atoms with van der Waals surface area (Å²) in [5, 5.41) is 8.97. The molecule has 0 spiro atoms. The number of aryl methyl sites for hydroxylation is 1. The summed E-state index contributed by atoms with van der Waals surface area (Å²) in [6.07, 6.45) is 0.157. The minimum atomic E-state index is -0.999. The molecule has 0 amide bonds. The van der Waals surface area contributed by atoms with Crippen LogP contribution in [0.1, 0.15) is 46.8 Å². The Kier molecular flexibility index (Phi) is 5.74. The van der Waals surface area contributed by atoms with Gasteiger partial charge in [0.25, 0.3) is 0 Å². The maximum atomic E-state index is 12.1. The Morgan fingerprint density at radius 3 is 2.50 bits per heavy atom. The van der Waals surface area contributed by atoms with Gasteiger partial charge in [-0.2, -0.15) is 0 Å². The molecule has 0 aliphatic rings. The molecule has 0 bridgehead atoms. The minimum absolute atomic E-state index is 0.0300. The highest BCUT2D eigenvalue weighted by Crippen LogP contribution is 2.23. The standard InChI is InChI=1S/C20H22O4/c1-13(2)19-8-7-18(9-14(19)3)24-12-17(21)11-15-5-4-6-16(10-15)20(22)23/h4-10,13H,11-12H2,1-3H3,(H,22,23). The van der Waals surface area contributed by atoms with Crippen molar-refractivity contribution in [1.82, 2.24) is 0 Å². The number of aromatic carboxylic acids is 1. The van der Waals surface area contributed by atoms with Crippen molar-refractivity contribution in [2.75, 3.05) is 6.61 Å². The average molecular weight is 326 g/mol. The van der Waals surface area contributed by atoms with Gasteiger partial charge in [-0.05, 0) is 53.8 Å². The number of Topliss-reactive ketones (excluding diaryl/α,β-unsaturated/α-hetero) is 1. The van der Waals surface area contributed by atoms with Crippen molar-refractivity contribution in [3.8, 4) is 5.75 Å². The maximum absolute atomic E-state index is 12.1. The van der Waals surface area contributed by atoms with Crippen LogP contribution in [0.25, 0.3) is 0 Å². The zero-order chi connectivity index (χ0) is 17.7. The zero-order valence-electron chi connectivity index (χ0n) is 14.2. The molecular weight excluding hydrogens is 304 g/mol. The van der Waals surface area contributed by atoms with Gasteiger partial charge in [0.05, 0.1) is 5.56 Å². The summed E-state index contributed by atoms with van der Waals surface area (Å²) < 4.78 is 5.57. The van der Waals surface area contributed by atoms with Crippen molar-refractivity contribution in [2.45, 2.75) is 33.1 Å². The van der Waals surface area contributed by atoms with Gasteiger partial charge in [0.2, 0.25) is 0 Å². The molecule has 1 N–H and O–H groups in total. The van der Waals surface area contributed by atoms with Gasteiger partial charge in [0, 0.05) is 6.42 Å². The van der Waals surface area contributed by atoms with E-state index in [1.54, 1.807) is 12.1 Å². The topological polar surface area (TPSA) is 63.6 Å². The summed E-state index contributed by atoms with van der Waals surface area (Å²) in [6.45, 7) is 6.27. The molecule has 0 heterocycles. The van der Waals surface area contributed by atoms with E-state index in [0.717, 1.165) is 5.56 Å². The van der Waals surface area contributed by atoms with Crippen LogP contribution in [-0.4, -0.2) is 23.5 Å². The van der Waals surface area contributed by atoms with Gasteiger partial charge in [-0.15, -0.1) is 0 Å². The molecule has 4 heteroatoms. The quantitative estimate of drug-likeness (QED) is 0.835. The highest BCUT2D eigenvalue weighted by atomic mass is 16.5. The van der Waals surface area contributed by atoms with E-state index < -0.39 is 5.97 Å². The Morgan fingerprint density at radius 1 is 1.12 bits per heavy atom. The van der Waals surface area contributed by atoms with E-state index in [-0.39, 0.29) is 24.4 Å². The molecule has 0 saturated heterocycles. The normalized spacial score (nSPS) is 10.7. The number of carboxylic acid groups (broad SMARTS) is 1. The number of ether oxygens (including phenoxy) is 1. The van der Waals surface area contributed by atoms with E-state index >= 15 is 0 Å². The number of hydrogen-bond donors (Lipinski definition) is 1. The highest BCUT2D eigenvalue weighted by Gasteiger charge is 2.09. The number of ketones is 1. The molecule has 2 aromatic rings. The zero-order valence-corrected chi connectivity index (χ0v) is 14.2. The second-order valence-corrected chi connectivity index (χ2v) is 6.18. The third-order valence-corrected chi connectivity index (χ3v) is 3.84. The lowest BCUT2D eigenvalue weighted by Crippen LogP contribution is -2.14. The first kappa shape index (κ1) is 17.7. The van der Waals surface area contributed by atoms with Crippen molar-refractivity contribution in [3.05, 3.63) is 64.7 Å². The average Bonchev–Trinajstić information content (AvgIpc) is 2.53. The van der Waals surface area contributed by atoms with Gasteiger partial charge in [-0.25, -0.2) is 4.79 Å². The third kappa shape index (κ3) is 4.69. The molecule has 0 aliphatic heterocycles. The molecule has 0 aromatic heterocycles. The summed E-state index contributed by atoms with van der Waals surface area (Å²) in [5.74, 6) is 0.0242. The second kappa shape index (κ2) is 7.77. The molecule has 0 aliphatic carbocycles. The van der Waals surface area contributed by atoms with Crippen LogP contribution in [0.3, 0.4) is 0 Å². The summed E-state index contributed by atoms with van der Waals surface area (Å²) >= 11 is 0. The van der Waals surface area contributed by atoms with Gasteiger partial charge >= 0.3 is 5.97 Å². The van der Waals surface area contributed by atoms with E-state index in [2.05, 4.69) is 13.8 Å². The number of carboxylic acids is 1. The molecule has 4 nitrogen and oxygen atoms in total. The molecule has 0 atom stereocenters. The number of hydrogen-bond acceptors (Lipinski definition) is 3. The third-order valence-electron chi connectivity index (χ3n) is 3.84. The van der Waals surface area contributed by atoms with Gasteiger partial charge < -0.3 is 9.84 Å². The predicted octanol–water partition coefficient (Wildman–Crippen LogP) is 4.01. The molecular formula is C20H22O4. The fraction of sp³-hybridized carbons (Fsp3) is 0.300. The highest BCUT2D eigenvalue weighted by molar-refractivity contribution is 5.88. The SMILES string of the molecule is Cc1cc(OCC(=O)Cc2cccc(C(=O)O)c2)ccc1C(C)C. The predicted molar refractivity (Wildman–Crippen MR) is 92.9 cm³/mol. The fourth-order valence-corrected chi connectivity index (χ4v) is 2.64. The lowest BCUT2D eigenvalue weighted by atomic mass is 9.98. The molecule has 2 aromatic carbocycles. The van der Waals surface area contributed by atoms with Crippen LogP contribution in [0.5, 0.6) is 5.75 Å². The van der Waals surface area contributed by atoms with E-state index in [4.69, 9.17) is 9.84 Å². The van der Waals surface area contributed by atoms with E-state index in [1.807, 2.05) is 25.1 Å². The Labute approximate surface area is 142 Å². The van der Waals surface area contributed by atoms with Gasteiger partial charge in [0.1, 0.15) is 12.4 Å². The molecule has 2 rings (SSSR count). The van der Waals surface area contributed by atoms with Gasteiger partial charge in [0.15, 0.2) is 5.78 Å². The Balaban J connectivity index is 1.95. The fourth-order valence-electron chi connectivity index (χ4n) is 2.64. The van der Waals surface area contributed by atoms with Crippen LogP contribution in [0.4, 0.5) is 0 Å². The molecule has 0 radical (unpaired) electrons. The van der Waals surface area contributed by atoms with Crippen LogP contribution in [0.2, 0.25) is 0 Å². The van der Waals surface area contributed by atoms with E-state index in [9.17, 15) is 9.59 Å². The van der Waals surface area contributed by atoms with Crippen LogP contribution in [0, 0.1) is 6.92 Å². The number of rotatable bonds is 7. The van der Waals surface area contributed by atoms with Crippen molar-refractivity contribution in [3.63, 3.8) is 0 Å². The smallest absolute Gasteiger partial charge is 0.335 e. The van der Waals surface area contributed by atoms with Crippen LogP contribution in [-0.2, 0) is 11.2 Å². The molecule has 126 valence electrons. The van der Waals surface area contributed by atoms with E-state index in [0.29, 0.717) is 17.2 Å². The lowest BCUT2D eigenvalue weighted by molar-refractivity contribution is -0.120. The first-order valence-electron chi connectivity index (χ1n) is 7.94. The molecule has 0 unspecified atom stereocenters. The van der Waals surface area contributed by atoms with Gasteiger partial charge in [-0.3, -0.25) is 4.79 Å². The first-order valence-corrected chi connectivity index (χ1v) is 7.94. The van der Waals surface area contributed by atoms with Crippen LogP contribution < -0.4 is 4.74 Å². The van der Waals surface area contributed by atoms with Crippen molar-refractivity contribution in [2.24, 2.45) is 0 Å². The summed E-state index contributed by atoms with van der Waals surface area (Å²) in [6, 6.07) is 12.2. The van der Waals surface area contributed by atoms with Crippen LogP contribution >= 0.6 is 0 Å². The second-order valence-electron chi connectivity index (χ2n) is 6.18. The number of carbonyl (C=O) groups excluding carboxylic acids is 1. The van der Waals surface area contributed by atoms with Crippen LogP contribution in [0.15, 0.2) is 42.5 Å². The van der Waals surface area contributed by atoms with Crippen molar-refractivity contribution in [1.29, 1.82) is 0 Å². The van der Waals surface area contributed by atoms with Gasteiger partial charge in [-0.1, -0.05) is 32.0 Å². The van der Waals surface area contributed by atoms with Crippen molar-refractivity contribution >= 4 is 11.8 Å². The lowest BCUT2D eigenvalue weighted by Gasteiger charge is -2.12. The largest absolute Gasteiger partial charge is 0.486 e. The Morgan fingerprint density at radius 2 is 1.88 bits per heavy atom. The molecule has 24 heavy (non-hydrogen) atoms.